The zero-order valence-electron chi connectivity index (χ0n) is 8.24. The maximum absolute atomic E-state index is 11.7. The SMILES string of the molecule is O=S(=O)(CC1CNC1)CC1CCCO1. The van der Waals surface area contributed by atoms with Crippen molar-refractivity contribution in [1.29, 1.82) is 0 Å². The molecule has 0 aromatic carbocycles. The Kier molecular flexibility index (Phi) is 3.09. The van der Waals surface area contributed by atoms with Gasteiger partial charge in [-0.1, -0.05) is 0 Å². The molecule has 14 heavy (non-hydrogen) atoms. The summed E-state index contributed by atoms with van der Waals surface area (Å²) in [5.74, 6) is 0.894. The van der Waals surface area contributed by atoms with Crippen molar-refractivity contribution in [3.8, 4) is 0 Å². The van der Waals surface area contributed by atoms with Gasteiger partial charge in [-0.25, -0.2) is 8.42 Å². The molecule has 2 rings (SSSR count). The van der Waals surface area contributed by atoms with Crippen LogP contribution in [-0.4, -0.2) is 45.7 Å². The van der Waals surface area contributed by atoms with Crippen molar-refractivity contribution < 1.29 is 13.2 Å². The van der Waals surface area contributed by atoms with E-state index in [1.165, 1.54) is 0 Å². The van der Waals surface area contributed by atoms with Gasteiger partial charge in [-0.15, -0.1) is 0 Å². The Hall–Kier alpha value is -0.130. The molecule has 2 aliphatic heterocycles. The van der Waals surface area contributed by atoms with Crippen molar-refractivity contribution in [2.45, 2.75) is 18.9 Å². The Morgan fingerprint density at radius 1 is 1.29 bits per heavy atom. The Morgan fingerprint density at radius 2 is 2.07 bits per heavy atom. The van der Waals surface area contributed by atoms with Crippen molar-refractivity contribution in [2.75, 3.05) is 31.2 Å². The molecule has 2 fully saturated rings. The standard InChI is InChI=1S/C9H17NO3S/c11-14(12,6-8-4-10-5-8)7-9-2-1-3-13-9/h8-10H,1-7H2. The molecule has 4 nitrogen and oxygen atoms in total. The van der Waals surface area contributed by atoms with Crippen LogP contribution < -0.4 is 5.32 Å². The summed E-state index contributed by atoms with van der Waals surface area (Å²) in [6.07, 6.45) is 1.88. The van der Waals surface area contributed by atoms with E-state index in [9.17, 15) is 8.42 Å². The molecule has 1 atom stereocenters. The first-order valence-electron chi connectivity index (χ1n) is 5.18. The fourth-order valence-electron chi connectivity index (χ4n) is 1.95. The summed E-state index contributed by atoms with van der Waals surface area (Å²) in [6, 6.07) is 0. The van der Waals surface area contributed by atoms with E-state index in [4.69, 9.17) is 4.74 Å². The van der Waals surface area contributed by atoms with Crippen LogP contribution >= 0.6 is 0 Å². The Balaban J connectivity index is 1.81. The van der Waals surface area contributed by atoms with Crippen LogP contribution in [0.2, 0.25) is 0 Å². The first-order valence-corrected chi connectivity index (χ1v) is 7.00. The van der Waals surface area contributed by atoms with Crippen LogP contribution in [0.3, 0.4) is 0 Å². The summed E-state index contributed by atoms with van der Waals surface area (Å²) in [4.78, 5) is 0. The van der Waals surface area contributed by atoms with Gasteiger partial charge in [0.1, 0.15) is 0 Å². The summed E-state index contributed by atoms with van der Waals surface area (Å²) in [7, 11) is -2.89. The minimum Gasteiger partial charge on any atom is -0.377 e. The van der Waals surface area contributed by atoms with Crippen LogP contribution in [0.15, 0.2) is 0 Å². The van der Waals surface area contributed by atoms with E-state index in [0.29, 0.717) is 11.7 Å². The molecule has 0 spiro atoms. The van der Waals surface area contributed by atoms with Gasteiger partial charge in [0.25, 0.3) is 0 Å². The summed E-state index contributed by atoms with van der Waals surface area (Å²) >= 11 is 0. The molecule has 0 bridgehead atoms. The van der Waals surface area contributed by atoms with Gasteiger partial charge < -0.3 is 10.1 Å². The predicted molar refractivity (Wildman–Crippen MR) is 54.0 cm³/mol. The first-order chi connectivity index (χ1) is 6.66. The highest BCUT2D eigenvalue weighted by molar-refractivity contribution is 7.91. The van der Waals surface area contributed by atoms with E-state index < -0.39 is 9.84 Å². The molecule has 0 aromatic heterocycles. The van der Waals surface area contributed by atoms with Gasteiger partial charge in [0.2, 0.25) is 0 Å². The number of nitrogens with one attached hydrogen (secondary N) is 1. The Labute approximate surface area is 84.9 Å². The largest absolute Gasteiger partial charge is 0.377 e. The summed E-state index contributed by atoms with van der Waals surface area (Å²) < 4.78 is 28.7. The second kappa shape index (κ2) is 4.16. The fourth-order valence-corrected chi connectivity index (χ4v) is 3.87. The second-order valence-electron chi connectivity index (χ2n) is 4.24. The minimum absolute atomic E-state index is 0.0342. The molecule has 5 heteroatoms. The number of rotatable bonds is 4. The van der Waals surface area contributed by atoms with Crippen LogP contribution in [0.1, 0.15) is 12.8 Å². The van der Waals surface area contributed by atoms with Crippen molar-refractivity contribution in [1.82, 2.24) is 5.32 Å². The minimum atomic E-state index is -2.89. The molecule has 0 saturated carbocycles. The number of sulfone groups is 1. The number of hydrogen-bond acceptors (Lipinski definition) is 4. The molecule has 82 valence electrons. The smallest absolute Gasteiger partial charge is 0.153 e. The number of ether oxygens (including phenoxy) is 1. The molecule has 0 aliphatic carbocycles. The van der Waals surface area contributed by atoms with Gasteiger partial charge in [-0.05, 0) is 18.8 Å². The van der Waals surface area contributed by atoms with Crippen molar-refractivity contribution in [2.24, 2.45) is 5.92 Å². The zero-order valence-corrected chi connectivity index (χ0v) is 9.05. The quantitative estimate of drug-likeness (QED) is 0.711. The van der Waals surface area contributed by atoms with Crippen LogP contribution in [0.25, 0.3) is 0 Å². The zero-order chi connectivity index (χ0) is 10.0. The second-order valence-corrected chi connectivity index (χ2v) is 6.39. The van der Waals surface area contributed by atoms with Crippen molar-refractivity contribution in [3.63, 3.8) is 0 Å². The maximum Gasteiger partial charge on any atom is 0.153 e. The van der Waals surface area contributed by atoms with E-state index in [-0.39, 0.29) is 11.9 Å². The monoisotopic (exact) mass is 219 g/mol. The van der Waals surface area contributed by atoms with Gasteiger partial charge in [0, 0.05) is 19.7 Å². The fraction of sp³-hybridized carbons (Fsp3) is 1.00. The maximum atomic E-state index is 11.7. The Bertz CT molecular complexity index is 278. The molecule has 2 heterocycles. The Morgan fingerprint density at radius 3 is 2.57 bits per heavy atom. The van der Waals surface area contributed by atoms with E-state index in [1.807, 2.05) is 0 Å². The van der Waals surface area contributed by atoms with Crippen LogP contribution in [0, 0.1) is 5.92 Å². The van der Waals surface area contributed by atoms with E-state index >= 15 is 0 Å². The molecule has 2 aliphatic rings. The van der Waals surface area contributed by atoms with Gasteiger partial charge >= 0.3 is 0 Å². The van der Waals surface area contributed by atoms with Crippen LogP contribution in [0.5, 0.6) is 0 Å². The lowest BCUT2D eigenvalue weighted by atomic mass is 10.1. The highest BCUT2D eigenvalue weighted by Gasteiger charge is 2.28. The lowest BCUT2D eigenvalue weighted by Crippen LogP contribution is -2.46. The topological polar surface area (TPSA) is 55.4 Å². The summed E-state index contributed by atoms with van der Waals surface area (Å²) in [6.45, 7) is 2.43. The van der Waals surface area contributed by atoms with Crippen LogP contribution in [-0.2, 0) is 14.6 Å². The third-order valence-electron chi connectivity index (χ3n) is 2.82. The predicted octanol–water partition coefficient (Wildman–Crippen LogP) is -0.200. The molecule has 2 saturated heterocycles. The van der Waals surface area contributed by atoms with Crippen LogP contribution in [0.4, 0.5) is 0 Å². The van der Waals surface area contributed by atoms with E-state index in [0.717, 1.165) is 32.5 Å². The highest BCUT2D eigenvalue weighted by Crippen LogP contribution is 2.16. The van der Waals surface area contributed by atoms with Crippen molar-refractivity contribution in [3.05, 3.63) is 0 Å². The molecular formula is C9H17NO3S. The molecule has 0 radical (unpaired) electrons. The average Bonchev–Trinajstić information content (AvgIpc) is 2.49. The van der Waals surface area contributed by atoms with Gasteiger partial charge in [-0.2, -0.15) is 0 Å². The summed E-state index contributed by atoms with van der Waals surface area (Å²) in [5, 5.41) is 3.08. The van der Waals surface area contributed by atoms with Gasteiger partial charge in [-0.3, -0.25) is 0 Å². The molecular weight excluding hydrogens is 202 g/mol. The normalized spacial score (nSPS) is 29.0. The van der Waals surface area contributed by atoms with Gasteiger partial charge in [0.15, 0.2) is 9.84 Å². The van der Waals surface area contributed by atoms with Crippen molar-refractivity contribution >= 4 is 9.84 Å². The van der Waals surface area contributed by atoms with E-state index in [1.54, 1.807) is 0 Å². The molecule has 0 amide bonds. The lowest BCUT2D eigenvalue weighted by Gasteiger charge is -2.27. The summed E-state index contributed by atoms with van der Waals surface area (Å²) in [5.41, 5.74) is 0. The first kappa shape index (κ1) is 10.4. The third-order valence-corrected chi connectivity index (χ3v) is 4.68. The molecule has 1 unspecified atom stereocenters. The van der Waals surface area contributed by atoms with Gasteiger partial charge in [0.05, 0.1) is 17.6 Å². The highest BCUT2D eigenvalue weighted by atomic mass is 32.2. The molecule has 0 aromatic rings. The van der Waals surface area contributed by atoms with E-state index in [2.05, 4.69) is 5.32 Å². The molecule has 1 N–H and O–H groups in total. The lowest BCUT2D eigenvalue weighted by molar-refractivity contribution is 0.127. The number of hydrogen-bond donors (Lipinski definition) is 1. The average molecular weight is 219 g/mol. The third kappa shape index (κ3) is 2.68.